The second kappa shape index (κ2) is 6.12. The van der Waals surface area contributed by atoms with Crippen LogP contribution in [0.3, 0.4) is 0 Å². The summed E-state index contributed by atoms with van der Waals surface area (Å²) in [5, 5.41) is 0.755. The Labute approximate surface area is 132 Å². The number of rotatable bonds is 4. The Morgan fingerprint density at radius 2 is 1.96 bits per heavy atom. The van der Waals surface area contributed by atoms with Gasteiger partial charge in [-0.3, -0.25) is 0 Å². The van der Waals surface area contributed by atoms with E-state index in [1.165, 1.54) is 6.07 Å². The lowest BCUT2D eigenvalue weighted by molar-refractivity contribution is 0.0436. The number of benzene rings is 1. The SMILES string of the molecule is CCc1ccc2c(COC(=O)c3ccc(C)o3)cc(=O)oc2c1. The summed E-state index contributed by atoms with van der Waals surface area (Å²) in [6.07, 6.45) is 0.844. The average Bonchev–Trinajstić information content (AvgIpc) is 2.98. The highest BCUT2D eigenvalue weighted by Crippen LogP contribution is 2.20. The van der Waals surface area contributed by atoms with Crippen molar-refractivity contribution in [2.75, 3.05) is 0 Å². The van der Waals surface area contributed by atoms with E-state index in [9.17, 15) is 9.59 Å². The van der Waals surface area contributed by atoms with Crippen LogP contribution in [-0.2, 0) is 17.8 Å². The first-order valence-corrected chi connectivity index (χ1v) is 7.36. The molecule has 0 spiro atoms. The van der Waals surface area contributed by atoms with Gasteiger partial charge < -0.3 is 13.6 Å². The standard InChI is InChI=1S/C18H16O5/c1-3-12-5-6-14-13(9-17(19)23-16(14)8-12)10-21-18(20)15-7-4-11(2)22-15/h4-9H,3,10H2,1-2H3. The number of ether oxygens (including phenoxy) is 1. The Morgan fingerprint density at radius 3 is 2.65 bits per heavy atom. The lowest BCUT2D eigenvalue weighted by Gasteiger charge is -2.07. The molecule has 0 saturated carbocycles. The molecule has 3 aromatic rings. The lowest BCUT2D eigenvalue weighted by atomic mass is 10.1. The third kappa shape index (κ3) is 3.18. The molecule has 0 bridgehead atoms. The second-order valence-electron chi connectivity index (χ2n) is 5.26. The number of carbonyl (C=O) groups excluding carboxylic acids is 1. The largest absolute Gasteiger partial charge is 0.455 e. The van der Waals surface area contributed by atoms with Crippen molar-refractivity contribution >= 4 is 16.9 Å². The number of furan rings is 1. The molecule has 23 heavy (non-hydrogen) atoms. The van der Waals surface area contributed by atoms with Crippen LogP contribution < -0.4 is 5.63 Å². The van der Waals surface area contributed by atoms with Crippen molar-refractivity contribution in [1.29, 1.82) is 0 Å². The number of aryl methyl sites for hydroxylation is 2. The maximum atomic E-state index is 11.9. The van der Waals surface area contributed by atoms with Crippen LogP contribution in [0.15, 0.2) is 50.0 Å². The zero-order chi connectivity index (χ0) is 16.4. The topological polar surface area (TPSA) is 69.7 Å². The highest BCUT2D eigenvalue weighted by Gasteiger charge is 2.13. The molecule has 0 amide bonds. The molecule has 0 aliphatic carbocycles. The quantitative estimate of drug-likeness (QED) is 0.543. The van der Waals surface area contributed by atoms with Gasteiger partial charge in [0.1, 0.15) is 18.0 Å². The summed E-state index contributed by atoms with van der Waals surface area (Å²) < 4.78 is 15.7. The van der Waals surface area contributed by atoms with Crippen molar-refractivity contribution in [3.63, 3.8) is 0 Å². The third-order valence-corrected chi connectivity index (χ3v) is 3.60. The third-order valence-electron chi connectivity index (χ3n) is 3.60. The van der Waals surface area contributed by atoms with Gasteiger partial charge in [-0.05, 0) is 37.1 Å². The molecule has 2 aromatic heterocycles. The minimum absolute atomic E-state index is 0.0217. The monoisotopic (exact) mass is 312 g/mol. The van der Waals surface area contributed by atoms with Crippen molar-refractivity contribution < 1.29 is 18.4 Å². The summed E-state index contributed by atoms with van der Waals surface area (Å²) in [5.41, 5.74) is 1.71. The zero-order valence-electron chi connectivity index (χ0n) is 12.9. The highest BCUT2D eigenvalue weighted by molar-refractivity contribution is 5.87. The van der Waals surface area contributed by atoms with Crippen LogP contribution in [-0.4, -0.2) is 5.97 Å². The number of carbonyl (C=O) groups is 1. The molecule has 3 rings (SSSR count). The Balaban J connectivity index is 1.87. The predicted octanol–water partition coefficient (Wildman–Crippen LogP) is 3.61. The van der Waals surface area contributed by atoms with Crippen LogP contribution in [0.1, 0.15) is 34.4 Å². The van der Waals surface area contributed by atoms with Crippen LogP contribution >= 0.6 is 0 Å². The molecule has 2 heterocycles. The van der Waals surface area contributed by atoms with Gasteiger partial charge in [-0.25, -0.2) is 9.59 Å². The van der Waals surface area contributed by atoms with E-state index in [0.29, 0.717) is 16.9 Å². The van der Waals surface area contributed by atoms with Crippen molar-refractivity contribution in [3.05, 3.63) is 69.5 Å². The van der Waals surface area contributed by atoms with E-state index in [1.807, 2.05) is 25.1 Å². The van der Waals surface area contributed by atoms with Gasteiger partial charge in [-0.15, -0.1) is 0 Å². The van der Waals surface area contributed by atoms with Crippen LogP contribution in [0.5, 0.6) is 0 Å². The van der Waals surface area contributed by atoms with Gasteiger partial charge in [0, 0.05) is 17.0 Å². The summed E-state index contributed by atoms with van der Waals surface area (Å²) in [6.45, 7) is 3.75. The van der Waals surface area contributed by atoms with E-state index in [-0.39, 0.29) is 12.4 Å². The highest BCUT2D eigenvalue weighted by atomic mass is 16.5. The fraction of sp³-hybridized carbons (Fsp3) is 0.222. The molecule has 1 aromatic carbocycles. The first kappa shape index (κ1) is 15.1. The van der Waals surface area contributed by atoms with Crippen LogP contribution in [0.2, 0.25) is 0 Å². The van der Waals surface area contributed by atoms with Gasteiger partial charge >= 0.3 is 11.6 Å². The van der Waals surface area contributed by atoms with Crippen LogP contribution in [0, 0.1) is 6.92 Å². The van der Waals surface area contributed by atoms with Gasteiger partial charge in [0.15, 0.2) is 0 Å². The summed E-state index contributed by atoms with van der Waals surface area (Å²) >= 11 is 0. The summed E-state index contributed by atoms with van der Waals surface area (Å²) in [6, 6.07) is 10.3. The maximum Gasteiger partial charge on any atom is 0.374 e. The number of esters is 1. The molecule has 0 N–H and O–H groups in total. The molecule has 0 atom stereocenters. The van der Waals surface area contributed by atoms with Crippen molar-refractivity contribution in [3.8, 4) is 0 Å². The first-order valence-electron chi connectivity index (χ1n) is 7.36. The van der Waals surface area contributed by atoms with Gasteiger partial charge in [0.25, 0.3) is 0 Å². The van der Waals surface area contributed by atoms with Gasteiger partial charge in [0.05, 0.1) is 0 Å². The van der Waals surface area contributed by atoms with E-state index in [2.05, 4.69) is 0 Å². The fourth-order valence-corrected chi connectivity index (χ4v) is 2.37. The van der Waals surface area contributed by atoms with E-state index in [1.54, 1.807) is 19.1 Å². The fourth-order valence-electron chi connectivity index (χ4n) is 2.37. The average molecular weight is 312 g/mol. The first-order chi connectivity index (χ1) is 11.1. The Bertz CT molecular complexity index is 917. The zero-order valence-corrected chi connectivity index (χ0v) is 12.9. The number of hydrogen-bond donors (Lipinski definition) is 0. The predicted molar refractivity (Wildman–Crippen MR) is 84.4 cm³/mol. The molecular formula is C18H16O5. The smallest absolute Gasteiger partial charge is 0.374 e. The van der Waals surface area contributed by atoms with Gasteiger partial charge in [0.2, 0.25) is 5.76 Å². The maximum absolute atomic E-state index is 11.9. The van der Waals surface area contributed by atoms with Gasteiger partial charge in [-0.2, -0.15) is 0 Å². The summed E-state index contributed by atoms with van der Waals surface area (Å²) in [5.74, 6) is 0.211. The minimum atomic E-state index is -0.565. The summed E-state index contributed by atoms with van der Waals surface area (Å²) in [4.78, 5) is 23.6. The Hall–Kier alpha value is -2.82. The molecular weight excluding hydrogens is 296 g/mol. The molecule has 0 unspecified atom stereocenters. The molecule has 0 aliphatic heterocycles. The van der Waals surface area contributed by atoms with Crippen LogP contribution in [0.25, 0.3) is 11.0 Å². The van der Waals surface area contributed by atoms with Crippen molar-refractivity contribution in [1.82, 2.24) is 0 Å². The Kier molecular flexibility index (Phi) is 4.02. The van der Waals surface area contributed by atoms with Crippen LogP contribution in [0.4, 0.5) is 0 Å². The molecule has 0 radical (unpaired) electrons. The summed E-state index contributed by atoms with van der Waals surface area (Å²) in [7, 11) is 0. The Morgan fingerprint density at radius 1 is 1.13 bits per heavy atom. The lowest BCUT2D eigenvalue weighted by Crippen LogP contribution is -2.07. The molecule has 5 nitrogen and oxygen atoms in total. The van der Waals surface area contributed by atoms with E-state index in [0.717, 1.165) is 17.4 Å². The van der Waals surface area contributed by atoms with E-state index >= 15 is 0 Å². The number of fused-ring (bicyclic) bond motifs is 1. The van der Waals surface area contributed by atoms with E-state index < -0.39 is 11.6 Å². The second-order valence-corrected chi connectivity index (χ2v) is 5.26. The molecule has 0 saturated heterocycles. The van der Waals surface area contributed by atoms with E-state index in [4.69, 9.17) is 13.6 Å². The van der Waals surface area contributed by atoms with Gasteiger partial charge in [-0.1, -0.05) is 19.1 Å². The molecule has 118 valence electrons. The molecule has 5 heteroatoms. The van der Waals surface area contributed by atoms with Crippen molar-refractivity contribution in [2.45, 2.75) is 26.9 Å². The minimum Gasteiger partial charge on any atom is -0.455 e. The van der Waals surface area contributed by atoms with Crippen molar-refractivity contribution in [2.24, 2.45) is 0 Å². The normalized spacial score (nSPS) is 10.9. The number of hydrogen-bond acceptors (Lipinski definition) is 5. The molecule has 0 fully saturated rings. The molecule has 0 aliphatic rings.